The summed E-state index contributed by atoms with van der Waals surface area (Å²) in [4.78, 5) is 12.6. The Morgan fingerprint density at radius 3 is 0.846 bits per heavy atom. The smallest absolute Gasteiger partial charge is 0.220 e. The van der Waals surface area contributed by atoms with Crippen LogP contribution in [-0.4, -0.2) is 34.9 Å². The number of nitrogens with one attached hydrogen (secondary N) is 1. The molecule has 0 fully saturated rings. The number of aliphatic hydroxyl groups excluding tert-OH is 2. The molecule has 0 aromatic heterocycles. The Bertz CT molecular complexity index is 1280. The van der Waals surface area contributed by atoms with E-state index in [-0.39, 0.29) is 12.5 Å². The predicted octanol–water partition coefficient (Wildman–Crippen LogP) is 24.3. The number of rotatable bonds is 66. The Balaban J connectivity index is 3.40. The number of hydrogen-bond donors (Lipinski definition) is 3. The van der Waals surface area contributed by atoms with Crippen molar-refractivity contribution in [3.8, 4) is 0 Å². The van der Waals surface area contributed by atoms with Crippen LogP contribution in [0.4, 0.5) is 0 Å². The molecule has 4 nitrogen and oxygen atoms in total. The molecule has 0 saturated carbocycles. The molecule has 0 aromatic carbocycles. The van der Waals surface area contributed by atoms with Crippen molar-refractivity contribution in [2.75, 3.05) is 6.61 Å². The molecule has 78 heavy (non-hydrogen) atoms. The lowest BCUT2D eigenvalue weighted by Crippen LogP contribution is -2.45. The zero-order valence-electron chi connectivity index (χ0n) is 53.0. The van der Waals surface area contributed by atoms with Crippen molar-refractivity contribution in [2.45, 2.75) is 398 Å². The van der Waals surface area contributed by atoms with E-state index in [1.807, 2.05) is 0 Å². The van der Waals surface area contributed by atoms with Crippen LogP contribution in [0, 0.1) is 0 Å². The summed E-state index contributed by atoms with van der Waals surface area (Å²) >= 11 is 0. The SMILES string of the molecule is CC/C=C\C/C=C\C/C=C\C/C=C\C/C=C\CCCCCCCCCCCCCCCCCCCCCCCC(=O)NC(CO)C(O)CCCCCCCCCCCCCCCCCCCCCCCCCCCCCCC. The van der Waals surface area contributed by atoms with Crippen molar-refractivity contribution in [1.29, 1.82) is 0 Å². The number of carbonyl (C=O) groups excluding carboxylic acids is 1. The Hall–Kier alpha value is -1.91. The maximum absolute atomic E-state index is 12.6. The first-order valence-electron chi connectivity index (χ1n) is 35.5. The van der Waals surface area contributed by atoms with Crippen LogP contribution < -0.4 is 5.32 Å². The second kappa shape index (κ2) is 69.4. The van der Waals surface area contributed by atoms with Gasteiger partial charge in [0.1, 0.15) is 0 Å². The average Bonchev–Trinajstić information content (AvgIpc) is 3.44. The number of hydrogen-bond acceptors (Lipinski definition) is 3. The van der Waals surface area contributed by atoms with Gasteiger partial charge in [-0.25, -0.2) is 0 Å². The summed E-state index contributed by atoms with van der Waals surface area (Å²) in [5, 5.41) is 23.5. The van der Waals surface area contributed by atoms with Crippen molar-refractivity contribution in [1.82, 2.24) is 5.32 Å². The van der Waals surface area contributed by atoms with Gasteiger partial charge in [-0.3, -0.25) is 4.79 Å². The van der Waals surface area contributed by atoms with Crippen LogP contribution >= 0.6 is 0 Å². The lowest BCUT2D eigenvalue weighted by atomic mass is 10.0. The van der Waals surface area contributed by atoms with Crippen LogP contribution in [0.5, 0.6) is 0 Å². The molecule has 0 aliphatic carbocycles. The molecular weight excluding hydrogens is 951 g/mol. The van der Waals surface area contributed by atoms with Gasteiger partial charge in [-0.05, 0) is 57.8 Å². The monoisotopic (exact) mass is 1090 g/mol. The van der Waals surface area contributed by atoms with E-state index in [1.165, 1.54) is 302 Å². The molecule has 4 heteroatoms. The minimum atomic E-state index is -0.661. The fraction of sp³-hybridized carbons (Fsp3) is 0.851. The lowest BCUT2D eigenvalue weighted by Gasteiger charge is -2.22. The van der Waals surface area contributed by atoms with E-state index >= 15 is 0 Å². The molecule has 1 amide bonds. The molecular formula is C74H139NO3. The quantitative estimate of drug-likeness (QED) is 0.0420. The van der Waals surface area contributed by atoms with E-state index in [9.17, 15) is 15.0 Å². The topological polar surface area (TPSA) is 69.6 Å². The van der Waals surface area contributed by atoms with E-state index in [2.05, 4.69) is 79.9 Å². The summed E-state index contributed by atoms with van der Waals surface area (Å²) in [5.74, 6) is -0.0239. The molecule has 0 bridgehead atoms. The van der Waals surface area contributed by atoms with E-state index in [0.29, 0.717) is 12.8 Å². The highest BCUT2D eigenvalue weighted by molar-refractivity contribution is 5.76. The summed E-state index contributed by atoms with van der Waals surface area (Å²) in [6.07, 6.45) is 98.6. The van der Waals surface area contributed by atoms with Crippen LogP contribution in [-0.2, 0) is 4.79 Å². The molecule has 0 radical (unpaired) electrons. The Morgan fingerprint density at radius 2 is 0.564 bits per heavy atom. The van der Waals surface area contributed by atoms with Crippen molar-refractivity contribution in [3.05, 3.63) is 60.8 Å². The van der Waals surface area contributed by atoms with Crippen molar-refractivity contribution in [3.63, 3.8) is 0 Å². The van der Waals surface area contributed by atoms with Crippen LogP contribution in [0.25, 0.3) is 0 Å². The highest BCUT2D eigenvalue weighted by atomic mass is 16.3. The minimum absolute atomic E-state index is 0.0239. The van der Waals surface area contributed by atoms with Crippen molar-refractivity contribution < 1.29 is 15.0 Å². The highest BCUT2D eigenvalue weighted by Gasteiger charge is 2.20. The summed E-state index contributed by atoms with van der Waals surface area (Å²) in [7, 11) is 0. The average molecular weight is 1090 g/mol. The fourth-order valence-electron chi connectivity index (χ4n) is 11.2. The second-order valence-corrected chi connectivity index (χ2v) is 24.3. The summed E-state index contributed by atoms with van der Waals surface area (Å²) in [6, 6.07) is -0.538. The van der Waals surface area contributed by atoms with Crippen LogP contribution in [0.3, 0.4) is 0 Å². The first kappa shape index (κ1) is 76.1. The van der Waals surface area contributed by atoms with Gasteiger partial charge in [-0.2, -0.15) is 0 Å². The molecule has 0 aromatic rings. The van der Waals surface area contributed by atoms with Gasteiger partial charge in [-0.15, -0.1) is 0 Å². The van der Waals surface area contributed by atoms with Crippen molar-refractivity contribution in [2.24, 2.45) is 0 Å². The zero-order valence-corrected chi connectivity index (χ0v) is 53.0. The summed E-state index contributed by atoms with van der Waals surface area (Å²) in [5.41, 5.74) is 0. The first-order chi connectivity index (χ1) is 38.7. The van der Waals surface area contributed by atoms with Gasteiger partial charge in [0.2, 0.25) is 5.91 Å². The molecule has 2 unspecified atom stereocenters. The third-order valence-corrected chi connectivity index (χ3v) is 16.5. The van der Waals surface area contributed by atoms with Gasteiger partial charge in [0.25, 0.3) is 0 Å². The number of aliphatic hydroxyl groups is 2. The third kappa shape index (κ3) is 64.9. The summed E-state index contributed by atoms with van der Waals surface area (Å²) < 4.78 is 0. The number of unbranched alkanes of at least 4 members (excludes halogenated alkanes) is 49. The van der Waals surface area contributed by atoms with Gasteiger partial charge in [-0.1, -0.05) is 383 Å². The molecule has 0 aliphatic rings. The maximum atomic E-state index is 12.6. The van der Waals surface area contributed by atoms with E-state index in [0.717, 1.165) is 57.8 Å². The van der Waals surface area contributed by atoms with Gasteiger partial charge in [0, 0.05) is 6.42 Å². The zero-order chi connectivity index (χ0) is 56.2. The van der Waals surface area contributed by atoms with Crippen LogP contribution in [0.1, 0.15) is 386 Å². The molecule has 0 heterocycles. The highest BCUT2D eigenvalue weighted by Crippen LogP contribution is 2.19. The largest absolute Gasteiger partial charge is 0.394 e. The predicted molar refractivity (Wildman–Crippen MR) is 350 cm³/mol. The van der Waals surface area contributed by atoms with Gasteiger partial charge >= 0.3 is 0 Å². The van der Waals surface area contributed by atoms with Gasteiger partial charge in [0.15, 0.2) is 0 Å². The second-order valence-electron chi connectivity index (χ2n) is 24.3. The fourth-order valence-corrected chi connectivity index (χ4v) is 11.2. The maximum Gasteiger partial charge on any atom is 0.220 e. The van der Waals surface area contributed by atoms with Gasteiger partial charge in [0.05, 0.1) is 18.8 Å². The van der Waals surface area contributed by atoms with Crippen molar-refractivity contribution >= 4 is 5.91 Å². The molecule has 458 valence electrons. The Morgan fingerprint density at radius 1 is 0.321 bits per heavy atom. The third-order valence-electron chi connectivity index (χ3n) is 16.5. The molecule has 0 saturated heterocycles. The molecule has 0 spiro atoms. The molecule has 0 rings (SSSR count). The first-order valence-corrected chi connectivity index (χ1v) is 35.5. The standard InChI is InChI=1S/C74H139NO3/c1-3-5-7-9-11-13-15-17-19-21-23-25-27-29-31-33-34-35-36-37-38-39-40-42-44-46-48-50-52-54-56-58-60-62-64-66-68-70-74(78)75-72(71-76)73(77)69-67-65-63-61-59-57-55-53-51-49-47-45-43-41-32-30-28-26-24-22-20-18-16-14-12-10-8-6-4-2/h5,7,11,13,17,19,23,25,29,31,72-73,76-77H,3-4,6,8-10,12,14-16,18,20-22,24,26-28,30,32-71H2,1-2H3,(H,75,78)/b7-5-,13-11-,19-17-,25-23-,31-29-. The molecule has 3 N–H and O–H groups in total. The van der Waals surface area contributed by atoms with E-state index in [1.54, 1.807) is 0 Å². The van der Waals surface area contributed by atoms with Gasteiger partial charge < -0.3 is 15.5 Å². The Labute approximate surface area is 489 Å². The molecule has 2 atom stereocenters. The lowest BCUT2D eigenvalue weighted by molar-refractivity contribution is -0.123. The minimum Gasteiger partial charge on any atom is -0.394 e. The van der Waals surface area contributed by atoms with E-state index < -0.39 is 12.1 Å². The summed E-state index contributed by atoms with van der Waals surface area (Å²) in [6.45, 7) is 4.29. The number of carbonyl (C=O) groups is 1. The number of amides is 1. The van der Waals surface area contributed by atoms with Crippen LogP contribution in [0.2, 0.25) is 0 Å². The van der Waals surface area contributed by atoms with Crippen LogP contribution in [0.15, 0.2) is 60.8 Å². The Kier molecular flexibility index (Phi) is 67.7. The number of allylic oxidation sites excluding steroid dienone is 10. The van der Waals surface area contributed by atoms with E-state index in [4.69, 9.17) is 0 Å². The normalized spacial score (nSPS) is 13.0. The molecule has 0 aliphatic heterocycles.